The third-order valence-electron chi connectivity index (χ3n) is 3.43. The SMILES string of the molecule is CC[C@H](N)c1ccc(N(CC(F)(F)F)C2CC2)cc1. The van der Waals surface area contributed by atoms with Crippen LogP contribution in [0.4, 0.5) is 18.9 Å². The first-order chi connectivity index (χ1) is 8.90. The van der Waals surface area contributed by atoms with Crippen LogP contribution in [0, 0.1) is 0 Å². The standard InChI is InChI=1S/C14H19F3N2/c1-2-13(18)10-3-5-11(6-4-10)19(12-7-8-12)9-14(15,16)17/h3-6,12-13H,2,7-9,18H2,1H3/t13-/m0/s1. The lowest BCUT2D eigenvalue weighted by molar-refractivity contribution is -0.120. The van der Waals surface area contributed by atoms with Gasteiger partial charge in [-0.05, 0) is 37.0 Å². The van der Waals surface area contributed by atoms with Crippen molar-refractivity contribution in [1.29, 1.82) is 0 Å². The van der Waals surface area contributed by atoms with E-state index in [1.54, 1.807) is 12.1 Å². The normalized spacial score (nSPS) is 17.3. The maximum Gasteiger partial charge on any atom is 0.405 e. The molecule has 1 atom stereocenters. The van der Waals surface area contributed by atoms with Gasteiger partial charge in [0.25, 0.3) is 0 Å². The van der Waals surface area contributed by atoms with Crippen molar-refractivity contribution < 1.29 is 13.2 Å². The quantitative estimate of drug-likeness (QED) is 0.887. The average molecular weight is 272 g/mol. The van der Waals surface area contributed by atoms with Gasteiger partial charge in [0.15, 0.2) is 0 Å². The van der Waals surface area contributed by atoms with Crippen LogP contribution in [0.3, 0.4) is 0 Å². The third kappa shape index (κ3) is 3.86. The van der Waals surface area contributed by atoms with Gasteiger partial charge in [0, 0.05) is 17.8 Å². The number of anilines is 1. The van der Waals surface area contributed by atoms with E-state index in [-0.39, 0.29) is 12.1 Å². The van der Waals surface area contributed by atoms with Crippen molar-refractivity contribution in [1.82, 2.24) is 0 Å². The number of benzene rings is 1. The van der Waals surface area contributed by atoms with Gasteiger partial charge in [0.2, 0.25) is 0 Å². The van der Waals surface area contributed by atoms with Crippen LogP contribution in [0.25, 0.3) is 0 Å². The van der Waals surface area contributed by atoms with Gasteiger partial charge in [-0.2, -0.15) is 13.2 Å². The number of hydrogen-bond acceptors (Lipinski definition) is 2. The van der Waals surface area contributed by atoms with Gasteiger partial charge in [-0.15, -0.1) is 0 Å². The molecule has 19 heavy (non-hydrogen) atoms. The highest BCUT2D eigenvalue weighted by Gasteiger charge is 2.38. The van der Waals surface area contributed by atoms with E-state index in [9.17, 15) is 13.2 Å². The topological polar surface area (TPSA) is 29.3 Å². The van der Waals surface area contributed by atoms with E-state index in [1.165, 1.54) is 4.90 Å². The first-order valence-electron chi connectivity index (χ1n) is 6.59. The monoisotopic (exact) mass is 272 g/mol. The number of hydrogen-bond donors (Lipinski definition) is 1. The lowest BCUT2D eigenvalue weighted by Gasteiger charge is -2.26. The summed E-state index contributed by atoms with van der Waals surface area (Å²) < 4.78 is 37.7. The van der Waals surface area contributed by atoms with E-state index in [2.05, 4.69) is 0 Å². The molecule has 2 rings (SSSR count). The Bertz CT molecular complexity index is 410. The van der Waals surface area contributed by atoms with E-state index < -0.39 is 12.7 Å². The molecule has 1 aromatic carbocycles. The molecule has 1 aliphatic rings. The second-order valence-corrected chi connectivity index (χ2v) is 5.08. The Hall–Kier alpha value is -1.23. The third-order valence-corrected chi connectivity index (χ3v) is 3.43. The van der Waals surface area contributed by atoms with E-state index in [1.807, 2.05) is 19.1 Å². The molecular weight excluding hydrogens is 253 g/mol. The summed E-state index contributed by atoms with van der Waals surface area (Å²) >= 11 is 0. The summed E-state index contributed by atoms with van der Waals surface area (Å²) in [5.74, 6) is 0. The van der Waals surface area contributed by atoms with Crippen LogP contribution in [0.1, 0.15) is 37.8 Å². The molecule has 0 aliphatic heterocycles. The molecule has 0 spiro atoms. The van der Waals surface area contributed by atoms with Gasteiger partial charge in [0.1, 0.15) is 6.54 Å². The van der Waals surface area contributed by atoms with Crippen LogP contribution < -0.4 is 10.6 Å². The molecule has 0 unspecified atom stereocenters. The zero-order valence-corrected chi connectivity index (χ0v) is 11.0. The zero-order valence-electron chi connectivity index (χ0n) is 11.0. The molecule has 1 fully saturated rings. The minimum absolute atomic E-state index is 0.0346. The number of alkyl halides is 3. The molecule has 0 saturated heterocycles. The molecule has 0 amide bonds. The smallest absolute Gasteiger partial charge is 0.360 e. The first kappa shape index (κ1) is 14.2. The Labute approximate surface area is 111 Å². The number of nitrogens with zero attached hydrogens (tertiary/aromatic N) is 1. The summed E-state index contributed by atoms with van der Waals surface area (Å²) in [5.41, 5.74) is 7.50. The average Bonchev–Trinajstić information content (AvgIpc) is 3.18. The van der Waals surface area contributed by atoms with Crippen molar-refractivity contribution in [3.63, 3.8) is 0 Å². The number of rotatable bonds is 5. The summed E-state index contributed by atoms with van der Waals surface area (Å²) in [6.45, 7) is 1.11. The van der Waals surface area contributed by atoms with Crippen LogP contribution >= 0.6 is 0 Å². The van der Waals surface area contributed by atoms with Gasteiger partial charge in [0.05, 0.1) is 0 Å². The maximum atomic E-state index is 12.6. The first-order valence-corrected chi connectivity index (χ1v) is 6.59. The fraction of sp³-hybridized carbons (Fsp3) is 0.571. The van der Waals surface area contributed by atoms with Gasteiger partial charge < -0.3 is 10.6 Å². The maximum absolute atomic E-state index is 12.6. The highest BCUT2D eigenvalue weighted by Crippen LogP contribution is 2.34. The lowest BCUT2D eigenvalue weighted by Crippen LogP contribution is -2.35. The molecule has 0 radical (unpaired) electrons. The van der Waals surface area contributed by atoms with Crippen molar-refractivity contribution in [3.8, 4) is 0 Å². The van der Waals surface area contributed by atoms with E-state index in [4.69, 9.17) is 5.73 Å². The molecule has 0 heterocycles. The second kappa shape index (κ2) is 5.41. The molecule has 2 nitrogen and oxygen atoms in total. The van der Waals surface area contributed by atoms with E-state index in [0.29, 0.717) is 5.69 Å². The van der Waals surface area contributed by atoms with Crippen molar-refractivity contribution in [3.05, 3.63) is 29.8 Å². The van der Waals surface area contributed by atoms with E-state index in [0.717, 1.165) is 24.8 Å². The van der Waals surface area contributed by atoms with Crippen LogP contribution in [0.5, 0.6) is 0 Å². The summed E-state index contributed by atoms with van der Waals surface area (Å²) in [4.78, 5) is 1.45. The van der Waals surface area contributed by atoms with Crippen LogP contribution in [-0.4, -0.2) is 18.8 Å². The molecule has 5 heteroatoms. The Balaban J connectivity index is 2.13. The Kier molecular flexibility index (Phi) is 4.04. The fourth-order valence-electron chi connectivity index (χ4n) is 2.16. The second-order valence-electron chi connectivity index (χ2n) is 5.08. The lowest BCUT2D eigenvalue weighted by atomic mass is 10.1. The molecular formula is C14H19F3N2. The summed E-state index contributed by atoms with van der Waals surface area (Å²) in [6.07, 6.45) is -1.67. The molecule has 1 saturated carbocycles. The highest BCUT2D eigenvalue weighted by atomic mass is 19.4. The van der Waals surface area contributed by atoms with Crippen molar-refractivity contribution in [2.75, 3.05) is 11.4 Å². The van der Waals surface area contributed by atoms with Gasteiger partial charge in [-0.1, -0.05) is 19.1 Å². The van der Waals surface area contributed by atoms with Crippen LogP contribution in [0.2, 0.25) is 0 Å². The van der Waals surface area contributed by atoms with Gasteiger partial charge in [-0.25, -0.2) is 0 Å². The van der Waals surface area contributed by atoms with Crippen LogP contribution in [-0.2, 0) is 0 Å². The summed E-state index contributed by atoms with van der Waals surface area (Å²) in [7, 11) is 0. The Morgan fingerprint density at radius 3 is 2.26 bits per heavy atom. The minimum atomic E-state index is -4.17. The van der Waals surface area contributed by atoms with Gasteiger partial charge >= 0.3 is 6.18 Å². The molecule has 0 aromatic heterocycles. The van der Waals surface area contributed by atoms with Gasteiger partial charge in [-0.3, -0.25) is 0 Å². The molecule has 1 aromatic rings. The van der Waals surface area contributed by atoms with Crippen molar-refractivity contribution in [2.45, 2.75) is 44.4 Å². The largest absolute Gasteiger partial charge is 0.405 e. The summed E-state index contributed by atoms with van der Waals surface area (Å²) in [5, 5.41) is 0. The van der Waals surface area contributed by atoms with Crippen LogP contribution in [0.15, 0.2) is 24.3 Å². The Morgan fingerprint density at radius 2 is 1.84 bits per heavy atom. The highest BCUT2D eigenvalue weighted by molar-refractivity contribution is 5.50. The number of halogens is 3. The molecule has 0 bridgehead atoms. The predicted molar refractivity (Wildman–Crippen MR) is 70.1 cm³/mol. The Morgan fingerprint density at radius 1 is 1.26 bits per heavy atom. The summed E-state index contributed by atoms with van der Waals surface area (Å²) in [6, 6.07) is 7.13. The molecule has 2 N–H and O–H groups in total. The van der Waals surface area contributed by atoms with Crippen molar-refractivity contribution in [2.24, 2.45) is 5.73 Å². The zero-order chi connectivity index (χ0) is 14.0. The fourth-order valence-corrected chi connectivity index (χ4v) is 2.16. The number of nitrogens with two attached hydrogens (primary N) is 1. The van der Waals surface area contributed by atoms with E-state index >= 15 is 0 Å². The molecule has 106 valence electrons. The minimum Gasteiger partial charge on any atom is -0.360 e. The molecule has 1 aliphatic carbocycles. The van der Waals surface area contributed by atoms with Crippen molar-refractivity contribution >= 4 is 5.69 Å². The predicted octanol–water partition coefficient (Wildman–Crippen LogP) is 3.63.